The third-order valence-electron chi connectivity index (χ3n) is 5.15. The monoisotopic (exact) mass is 370 g/mol. The fraction of sp³-hybridized carbons (Fsp3) is 0.429. The fourth-order valence-electron chi connectivity index (χ4n) is 3.36. The molecule has 1 aliphatic rings. The highest BCUT2D eigenvalue weighted by atomic mass is 32.1. The van der Waals surface area contributed by atoms with Crippen LogP contribution in [0.4, 0.5) is 5.69 Å². The average Bonchev–Trinajstić information content (AvgIpc) is 3.01. The first-order valence-electron chi connectivity index (χ1n) is 9.08. The third-order valence-corrected chi connectivity index (χ3v) is 6.37. The lowest BCUT2D eigenvalue weighted by Crippen LogP contribution is -2.34. The lowest BCUT2D eigenvalue weighted by Gasteiger charge is -2.17. The van der Waals surface area contributed by atoms with Crippen molar-refractivity contribution in [1.29, 1.82) is 0 Å². The molecule has 1 N–H and O–H groups in total. The first-order valence-corrected chi connectivity index (χ1v) is 9.90. The number of rotatable bonds is 4. The van der Waals surface area contributed by atoms with Crippen molar-refractivity contribution >= 4 is 28.8 Å². The smallest absolute Gasteiger partial charge is 0.264 e. The molecule has 138 valence electrons. The molecule has 1 atom stereocenters. The lowest BCUT2D eigenvalue weighted by atomic mass is 9.90. The summed E-state index contributed by atoms with van der Waals surface area (Å²) in [6.45, 7) is 6.30. The van der Waals surface area contributed by atoms with E-state index < -0.39 is 0 Å². The van der Waals surface area contributed by atoms with Crippen LogP contribution in [-0.2, 0) is 17.6 Å². The number of hydrogen-bond acceptors (Lipinski definition) is 3. The van der Waals surface area contributed by atoms with Crippen LogP contribution in [0.15, 0.2) is 24.3 Å². The largest absolute Gasteiger partial charge is 0.332 e. The molecule has 0 radical (unpaired) electrons. The molecule has 5 heteroatoms. The zero-order chi connectivity index (χ0) is 18.8. The number of nitrogens with one attached hydrogen (secondary N) is 1. The second-order valence-electron chi connectivity index (χ2n) is 7.36. The second-order valence-corrected chi connectivity index (χ2v) is 8.50. The molecule has 3 rings (SSSR count). The van der Waals surface area contributed by atoms with Gasteiger partial charge in [-0.15, -0.1) is 11.3 Å². The van der Waals surface area contributed by atoms with Crippen molar-refractivity contribution in [3.05, 3.63) is 50.7 Å². The number of fused-ring (bicyclic) bond motifs is 1. The Kier molecular flexibility index (Phi) is 5.47. The standard InChI is InChI=1S/C21H26N2O2S/c1-13-8-9-18-16(10-13)11-19(26-18)21(25)23(4)12-20(24)22-17-7-5-6-14(2)15(17)3/h5-7,11,13H,8-10,12H2,1-4H3,(H,22,24). The molecule has 0 aliphatic heterocycles. The number of benzene rings is 1. The predicted molar refractivity (Wildman–Crippen MR) is 107 cm³/mol. The maximum atomic E-state index is 12.7. The molecule has 1 aromatic heterocycles. The van der Waals surface area contributed by atoms with Crippen molar-refractivity contribution in [3.63, 3.8) is 0 Å². The number of hydrogen-bond donors (Lipinski definition) is 1. The summed E-state index contributed by atoms with van der Waals surface area (Å²) in [5, 5.41) is 2.91. The topological polar surface area (TPSA) is 49.4 Å². The van der Waals surface area contributed by atoms with Gasteiger partial charge < -0.3 is 10.2 Å². The number of thiophene rings is 1. The molecule has 4 nitrogen and oxygen atoms in total. The molecule has 1 aromatic carbocycles. The van der Waals surface area contributed by atoms with Crippen molar-refractivity contribution in [3.8, 4) is 0 Å². The van der Waals surface area contributed by atoms with Gasteiger partial charge in [0.1, 0.15) is 0 Å². The van der Waals surface area contributed by atoms with E-state index in [1.807, 2.05) is 38.1 Å². The number of carbonyl (C=O) groups is 2. The second kappa shape index (κ2) is 7.62. The highest BCUT2D eigenvalue weighted by Gasteiger charge is 2.23. The van der Waals surface area contributed by atoms with E-state index in [0.29, 0.717) is 5.92 Å². The molecule has 0 saturated carbocycles. The van der Waals surface area contributed by atoms with Crippen molar-refractivity contribution < 1.29 is 9.59 Å². The molecule has 0 spiro atoms. The Hall–Kier alpha value is -2.14. The van der Waals surface area contributed by atoms with Gasteiger partial charge >= 0.3 is 0 Å². The van der Waals surface area contributed by atoms with Crippen LogP contribution in [0.1, 0.15) is 44.6 Å². The molecule has 1 unspecified atom stereocenters. The first kappa shape index (κ1) is 18.6. The van der Waals surface area contributed by atoms with Gasteiger partial charge in [-0.05, 0) is 67.9 Å². The molecule has 1 heterocycles. The molecule has 0 fully saturated rings. The van der Waals surface area contributed by atoms with E-state index in [0.717, 1.165) is 34.5 Å². The summed E-state index contributed by atoms with van der Waals surface area (Å²) >= 11 is 1.59. The summed E-state index contributed by atoms with van der Waals surface area (Å²) < 4.78 is 0. The third kappa shape index (κ3) is 3.98. The van der Waals surface area contributed by atoms with Crippen LogP contribution in [0.25, 0.3) is 0 Å². The SMILES string of the molecule is Cc1cccc(NC(=O)CN(C)C(=O)c2cc3c(s2)CCC(C)C3)c1C. The van der Waals surface area contributed by atoms with Crippen LogP contribution in [0.2, 0.25) is 0 Å². The number of aryl methyl sites for hydroxylation is 2. The molecule has 26 heavy (non-hydrogen) atoms. The van der Waals surface area contributed by atoms with Crippen molar-refractivity contribution in [2.45, 2.75) is 40.0 Å². The summed E-state index contributed by atoms with van der Waals surface area (Å²) in [6, 6.07) is 7.84. The predicted octanol–water partition coefficient (Wildman–Crippen LogP) is 4.20. The fourth-order valence-corrected chi connectivity index (χ4v) is 4.57. The van der Waals surface area contributed by atoms with Gasteiger partial charge in [0.05, 0.1) is 11.4 Å². The van der Waals surface area contributed by atoms with Crippen LogP contribution >= 0.6 is 11.3 Å². The Morgan fingerprint density at radius 2 is 2.08 bits per heavy atom. The van der Waals surface area contributed by atoms with Crippen LogP contribution in [-0.4, -0.2) is 30.3 Å². The number of carbonyl (C=O) groups excluding carboxylic acids is 2. The van der Waals surface area contributed by atoms with Gasteiger partial charge in [0.15, 0.2) is 0 Å². The van der Waals surface area contributed by atoms with Gasteiger partial charge in [-0.1, -0.05) is 19.1 Å². The van der Waals surface area contributed by atoms with E-state index in [1.54, 1.807) is 18.4 Å². The van der Waals surface area contributed by atoms with E-state index >= 15 is 0 Å². The van der Waals surface area contributed by atoms with E-state index in [1.165, 1.54) is 21.8 Å². The zero-order valence-corrected chi connectivity index (χ0v) is 16.7. The van der Waals surface area contributed by atoms with Gasteiger partial charge in [-0.2, -0.15) is 0 Å². The Labute approximate surface area is 159 Å². The summed E-state index contributed by atoms with van der Waals surface area (Å²) in [5.74, 6) is 0.429. The summed E-state index contributed by atoms with van der Waals surface area (Å²) in [6.07, 6.45) is 3.30. The highest BCUT2D eigenvalue weighted by molar-refractivity contribution is 7.14. The van der Waals surface area contributed by atoms with Gasteiger partial charge in [0.2, 0.25) is 5.91 Å². The highest BCUT2D eigenvalue weighted by Crippen LogP contribution is 2.32. The van der Waals surface area contributed by atoms with E-state index in [-0.39, 0.29) is 18.4 Å². The summed E-state index contributed by atoms with van der Waals surface area (Å²) in [7, 11) is 1.69. The normalized spacial score (nSPS) is 16.1. The Balaban J connectivity index is 1.64. The molecule has 2 aromatic rings. The van der Waals surface area contributed by atoms with Crippen LogP contribution in [0.3, 0.4) is 0 Å². The minimum absolute atomic E-state index is 0.0468. The maximum Gasteiger partial charge on any atom is 0.264 e. The van der Waals surface area contributed by atoms with Crippen LogP contribution < -0.4 is 5.32 Å². The molecule has 2 amide bonds. The van der Waals surface area contributed by atoms with Crippen molar-refractivity contribution in [2.75, 3.05) is 18.9 Å². The Morgan fingerprint density at radius 1 is 1.31 bits per heavy atom. The maximum absolute atomic E-state index is 12.7. The quantitative estimate of drug-likeness (QED) is 0.877. The number of anilines is 1. The van der Waals surface area contributed by atoms with Crippen LogP contribution in [0.5, 0.6) is 0 Å². The molecule has 0 bridgehead atoms. The molecule has 0 saturated heterocycles. The molecular formula is C21H26N2O2S. The van der Waals surface area contributed by atoms with Gasteiger partial charge in [0.25, 0.3) is 5.91 Å². The Bertz CT molecular complexity index is 841. The van der Waals surface area contributed by atoms with Gasteiger partial charge in [-0.25, -0.2) is 0 Å². The summed E-state index contributed by atoms with van der Waals surface area (Å²) in [4.78, 5) is 28.6. The van der Waals surface area contributed by atoms with Crippen molar-refractivity contribution in [2.24, 2.45) is 5.92 Å². The minimum atomic E-state index is -0.176. The number of amides is 2. The Morgan fingerprint density at radius 3 is 2.85 bits per heavy atom. The van der Waals surface area contributed by atoms with E-state index in [2.05, 4.69) is 12.2 Å². The lowest BCUT2D eigenvalue weighted by molar-refractivity contribution is -0.116. The molecule has 1 aliphatic carbocycles. The first-order chi connectivity index (χ1) is 12.3. The molecular weight excluding hydrogens is 344 g/mol. The summed E-state index contributed by atoms with van der Waals surface area (Å²) in [5.41, 5.74) is 4.29. The van der Waals surface area contributed by atoms with Crippen LogP contribution in [0, 0.1) is 19.8 Å². The van der Waals surface area contributed by atoms with E-state index in [4.69, 9.17) is 0 Å². The average molecular weight is 371 g/mol. The van der Waals surface area contributed by atoms with Gasteiger partial charge in [0, 0.05) is 17.6 Å². The van der Waals surface area contributed by atoms with Gasteiger partial charge in [-0.3, -0.25) is 9.59 Å². The minimum Gasteiger partial charge on any atom is -0.332 e. The zero-order valence-electron chi connectivity index (χ0n) is 15.9. The van der Waals surface area contributed by atoms with Crippen molar-refractivity contribution in [1.82, 2.24) is 4.90 Å². The number of likely N-dealkylation sites (N-methyl/N-ethyl adjacent to an activating group) is 1. The number of nitrogens with zero attached hydrogens (tertiary/aromatic N) is 1. The van der Waals surface area contributed by atoms with E-state index in [9.17, 15) is 9.59 Å².